The first-order chi connectivity index (χ1) is 8.09. The van der Waals surface area contributed by atoms with E-state index in [9.17, 15) is 9.59 Å². The lowest BCUT2D eigenvalue weighted by molar-refractivity contribution is 0.0655. The molecule has 17 heavy (non-hydrogen) atoms. The fourth-order valence-electron chi connectivity index (χ4n) is 2.03. The molecule has 0 bridgehead atoms. The number of carbonyl (C=O) groups is 1. The van der Waals surface area contributed by atoms with Gasteiger partial charge in [-0.3, -0.25) is 9.59 Å². The number of carbonyl (C=O) groups excluding carboxylic acids is 1. The third kappa shape index (κ3) is 2.39. The van der Waals surface area contributed by atoms with E-state index in [2.05, 4.69) is 5.32 Å². The molecule has 1 amide bonds. The molecule has 0 aromatic carbocycles. The summed E-state index contributed by atoms with van der Waals surface area (Å²) in [6, 6.07) is 3.22. The molecule has 5 nitrogen and oxygen atoms in total. The second-order valence-electron chi connectivity index (χ2n) is 4.42. The van der Waals surface area contributed by atoms with Crippen LogP contribution in [-0.4, -0.2) is 41.1 Å². The van der Waals surface area contributed by atoms with E-state index in [1.807, 2.05) is 11.8 Å². The zero-order valence-electron chi connectivity index (χ0n) is 10.1. The average Bonchev–Trinajstić information content (AvgIpc) is 2.32. The molecular formula is C12H17N3O2. The molecule has 1 N–H and O–H groups in total. The van der Waals surface area contributed by atoms with E-state index in [4.69, 9.17) is 0 Å². The summed E-state index contributed by atoms with van der Waals surface area (Å²) in [5, 5.41) is 3.24. The van der Waals surface area contributed by atoms with Crippen molar-refractivity contribution in [2.45, 2.75) is 13.0 Å². The van der Waals surface area contributed by atoms with Gasteiger partial charge in [0.05, 0.1) is 5.56 Å². The number of aromatic nitrogens is 1. The summed E-state index contributed by atoms with van der Waals surface area (Å²) in [7, 11) is 1.65. The average molecular weight is 235 g/mol. The third-order valence-electron chi connectivity index (χ3n) is 3.09. The lowest BCUT2D eigenvalue weighted by Gasteiger charge is -2.34. The maximum absolute atomic E-state index is 12.3. The Kier molecular flexibility index (Phi) is 3.28. The fraction of sp³-hybridized carbons (Fsp3) is 0.500. The van der Waals surface area contributed by atoms with Gasteiger partial charge >= 0.3 is 0 Å². The molecule has 1 aromatic heterocycles. The lowest BCUT2D eigenvalue weighted by Crippen LogP contribution is -2.52. The molecule has 92 valence electrons. The molecule has 1 aliphatic rings. The van der Waals surface area contributed by atoms with Crippen LogP contribution in [0.15, 0.2) is 23.1 Å². The Labute approximate surface area is 100 Å². The van der Waals surface area contributed by atoms with Crippen molar-refractivity contribution < 1.29 is 4.79 Å². The van der Waals surface area contributed by atoms with Crippen LogP contribution in [0.4, 0.5) is 0 Å². The number of hydrogen-bond donors (Lipinski definition) is 1. The maximum atomic E-state index is 12.3. The van der Waals surface area contributed by atoms with Crippen molar-refractivity contribution in [2.75, 3.05) is 19.6 Å². The minimum Gasteiger partial charge on any atom is -0.333 e. The van der Waals surface area contributed by atoms with E-state index in [1.54, 1.807) is 19.3 Å². The number of piperazine rings is 1. The smallest absolute Gasteiger partial charge is 0.255 e. The quantitative estimate of drug-likeness (QED) is 0.734. The van der Waals surface area contributed by atoms with Gasteiger partial charge in [0, 0.05) is 45.0 Å². The minimum absolute atomic E-state index is 0.00500. The first kappa shape index (κ1) is 11.9. The SMILES string of the molecule is C[C@H]1CNCCN1C(=O)c1ccc(=O)n(C)c1. The van der Waals surface area contributed by atoms with Crippen LogP contribution in [0, 0.1) is 0 Å². The van der Waals surface area contributed by atoms with Gasteiger partial charge in [-0.05, 0) is 13.0 Å². The van der Waals surface area contributed by atoms with Crippen LogP contribution < -0.4 is 10.9 Å². The largest absolute Gasteiger partial charge is 0.333 e. The summed E-state index contributed by atoms with van der Waals surface area (Å²) in [4.78, 5) is 25.4. The number of amides is 1. The van der Waals surface area contributed by atoms with E-state index >= 15 is 0 Å². The molecule has 1 fully saturated rings. The highest BCUT2D eigenvalue weighted by Crippen LogP contribution is 2.08. The van der Waals surface area contributed by atoms with Crippen LogP contribution in [0.25, 0.3) is 0 Å². The van der Waals surface area contributed by atoms with Crippen LogP contribution in [0.2, 0.25) is 0 Å². The molecule has 5 heteroatoms. The Morgan fingerprint density at radius 1 is 1.47 bits per heavy atom. The Balaban J connectivity index is 2.23. The van der Waals surface area contributed by atoms with E-state index in [0.717, 1.165) is 13.1 Å². The predicted molar refractivity (Wildman–Crippen MR) is 65.1 cm³/mol. The molecule has 2 heterocycles. The van der Waals surface area contributed by atoms with E-state index < -0.39 is 0 Å². The van der Waals surface area contributed by atoms with Gasteiger partial charge in [0.25, 0.3) is 5.91 Å². The normalized spacial score (nSPS) is 20.4. The first-order valence-corrected chi connectivity index (χ1v) is 5.78. The topological polar surface area (TPSA) is 54.3 Å². The van der Waals surface area contributed by atoms with Gasteiger partial charge in [-0.15, -0.1) is 0 Å². The molecule has 0 saturated carbocycles. The molecular weight excluding hydrogens is 218 g/mol. The van der Waals surface area contributed by atoms with Crippen molar-refractivity contribution in [2.24, 2.45) is 7.05 Å². The Morgan fingerprint density at radius 2 is 2.24 bits per heavy atom. The summed E-state index contributed by atoms with van der Waals surface area (Å²) in [6.45, 7) is 4.37. The molecule has 0 spiro atoms. The monoisotopic (exact) mass is 235 g/mol. The number of rotatable bonds is 1. The van der Waals surface area contributed by atoms with E-state index in [-0.39, 0.29) is 17.5 Å². The van der Waals surface area contributed by atoms with Gasteiger partial charge in [0.2, 0.25) is 5.56 Å². The molecule has 1 aliphatic heterocycles. The van der Waals surface area contributed by atoms with Crippen molar-refractivity contribution in [1.82, 2.24) is 14.8 Å². The van der Waals surface area contributed by atoms with Gasteiger partial charge in [-0.25, -0.2) is 0 Å². The van der Waals surface area contributed by atoms with Crippen molar-refractivity contribution in [3.05, 3.63) is 34.2 Å². The summed E-state index contributed by atoms with van der Waals surface area (Å²) < 4.78 is 1.43. The van der Waals surface area contributed by atoms with Gasteiger partial charge in [-0.2, -0.15) is 0 Å². The second-order valence-corrected chi connectivity index (χ2v) is 4.42. The standard InChI is InChI=1S/C12H17N3O2/c1-9-7-13-5-6-15(9)12(17)10-3-4-11(16)14(2)8-10/h3-4,8-9,13H,5-7H2,1-2H3/t9-/m0/s1. The molecule has 0 aliphatic carbocycles. The number of aryl methyl sites for hydroxylation is 1. The Hall–Kier alpha value is -1.62. The third-order valence-corrected chi connectivity index (χ3v) is 3.09. The van der Waals surface area contributed by atoms with Crippen LogP contribution in [0.5, 0.6) is 0 Å². The van der Waals surface area contributed by atoms with Gasteiger partial charge < -0.3 is 14.8 Å². The van der Waals surface area contributed by atoms with Crippen LogP contribution >= 0.6 is 0 Å². The van der Waals surface area contributed by atoms with Gasteiger partial charge in [0.1, 0.15) is 0 Å². The van der Waals surface area contributed by atoms with Crippen molar-refractivity contribution in [3.63, 3.8) is 0 Å². The van der Waals surface area contributed by atoms with Crippen LogP contribution in [0.3, 0.4) is 0 Å². The maximum Gasteiger partial charge on any atom is 0.255 e. The van der Waals surface area contributed by atoms with E-state index in [0.29, 0.717) is 12.1 Å². The van der Waals surface area contributed by atoms with Crippen LogP contribution in [0.1, 0.15) is 17.3 Å². The minimum atomic E-state index is -0.102. The fourth-order valence-corrected chi connectivity index (χ4v) is 2.03. The highest BCUT2D eigenvalue weighted by atomic mass is 16.2. The summed E-state index contributed by atoms with van der Waals surface area (Å²) in [5.41, 5.74) is 0.468. The highest BCUT2D eigenvalue weighted by molar-refractivity contribution is 5.94. The van der Waals surface area contributed by atoms with Gasteiger partial charge in [0.15, 0.2) is 0 Å². The molecule has 1 atom stereocenters. The lowest BCUT2D eigenvalue weighted by atomic mass is 10.1. The second kappa shape index (κ2) is 4.71. The Bertz CT molecular complexity index is 481. The zero-order chi connectivity index (χ0) is 12.4. The molecule has 1 aromatic rings. The molecule has 0 unspecified atom stereocenters. The van der Waals surface area contributed by atoms with Gasteiger partial charge in [-0.1, -0.05) is 0 Å². The number of pyridine rings is 1. The summed E-state index contributed by atoms with van der Waals surface area (Å²) >= 11 is 0. The zero-order valence-corrected chi connectivity index (χ0v) is 10.1. The van der Waals surface area contributed by atoms with Crippen molar-refractivity contribution >= 4 is 5.91 Å². The predicted octanol–water partition coefficient (Wildman–Crippen LogP) is -0.181. The summed E-state index contributed by atoms with van der Waals surface area (Å²) in [5.74, 6) is -0.00500. The first-order valence-electron chi connectivity index (χ1n) is 5.78. The molecule has 2 rings (SSSR count). The van der Waals surface area contributed by atoms with Crippen LogP contribution in [-0.2, 0) is 7.05 Å². The Morgan fingerprint density at radius 3 is 2.88 bits per heavy atom. The highest BCUT2D eigenvalue weighted by Gasteiger charge is 2.24. The number of nitrogens with one attached hydrogen (secondary N) is 1. The molecule has 1 saturated heterocycles. The van der Waals surface area contributed by atoms with E-state index in [1.165, 1.54) is 10.6 Å². The van der Waals surface area contributed by atoms with Crippen molar-refractivity contribution in [1.29, 1.82) is 0 Å². The summed E-state index contributed by atoms with van der Waals surface area (Å²) in [6.07, 6.45) is 1.60. The molecule has 0 radical (unpaired) electrons. The number of nitrogens with zero attached hydrogens (tertiary/aromatic N) is 2. The van der Waals surface area contributed by atoms with Crippen molar-refractivity contribution in [3.8, 4) is 0 Å². The number of hydrogen-bond acceptors (Lipinski definition) is 3.